The number of hydrogen-bond acceptors (Lipinski definition) is 4. The first-order valence-electron chi connectivity index (χ1n) is 8.88. The Balaban J connectivity index is 2.05. The summed E-state index contributed by atoms with van der Waals surface area (Å²) in [5.74, 6) is 0.823. The molecule has 0 radical (unpaired) electrons. The van der Waals surface area contributed by atoms with E-state index in [-0.39, 0.29) is 18.0 Å². The Morgan fingerprint density at radius 3 is 2.88 bits per heavy atom. The van der Waals surface area contributed by atoms with Gasteiger partial charge in [-0.3, -0.25) is 4.79 Å². The SMILES string of the molecule is COCCCOc1cccc(C(=O)N(C(C)C)C2CCCNC2)c1. The molecule has 1 N–H and O–H groups in total. The highest BCUT2D eigenvalue weighted by Gasteiger charge is 2.28. The highest BCUT2D eigenvalue weighted by atomic mass is 16.5. The van der Waals surface area contributed by atoms with Crippen molar-refractivity contribution in [3.8, 4) is 5.75 Å². The fraction of sp³-hybridized carbons (Fsp3) is 0.632. The van der Waals surface area contributed by atoms with Crippen LogP contribution in [0.5, 0.6) is 5.75 Å². The van der Waals surface area contributed by atoms with E-state index in [0.29, 0.717) is 18.8 Å². The number of piperidine rings is 1. The number of nitrogens with zero attached hydrogens (tertiary/aromatic N) is 1. The summed E-state index contributed by atoms with van der Waals surface area (Å²) in [6.07, 6.45) is 3.01. The molecule has 1 fully saturated rings. The molecule has 24 heavy (non-hydrogen) atoms. The Bertz CT molecular complexity index is 513. The number of hydrogen-bond donors (Lipinski definition) is 1. The number of amides is 1. The van der Waals surface area contributed by atoms with Crippen LogP contribution in [-0.4, -0.2) is 56.3 Å². The smallest absolute Gasteiger partial charge is 0.254 e. The molecule has 1 unspecified atom stereocenters. The van der Waals surface area contributed by atoms with Gasteiger partial charge in [-0.25, -0.2) is 0 Å². The van der Waals surface area contributed by atoms with Crippen molar-refractivity contribution in [2.45, 2.75) is 45.2 Å². The van der Waals surface area contributed by atoms with Crippen LogP contribution in [0, 0.1) is 0 Å². The summed E-state index contributed by atoms with van der Waals surface area (Å²) < 4.78 is 10.7. The number of carbonyl (C=O) groups is 1. The summed E-state index contributed by atoms with van der Waals surface area (Å²) in [7, 11) is 1.68. The van der Waals surface area contributed by atoms with Gasteiger partial charge in [0.1, 0.15) is 5.75 Å². The lowest BCUT2D eigenvalue weighted by Crippen LogP contribution is -2.51. The molecule has 1 heterocycles. The van der Waals surface area contributed by atoms with E-state index in [9.17, 15) is 4.79 Å². The Labute approximate surface area is 145 Å². The van der Waals surface area contributed by atoms with E-state index >= 15 is 0 Å². The van der Waals surface area contributed by atoms with Crippen LogP contribution in [0.4, 0.5) is 0 Å². The van der Waals surface area contributed by atoms with Crippen molar-refractivity contribution >= 4 is 5.91 Å². The van der Waals surface area contributed by atoms with Gasteiger partial charge >= 0.3 is 0 Å². The molecule has 134 valence electrons. The maximum atomic E-state index is 13.0. The van der Waals surface area contributed by atoms with E-state index in [2.05, 4.69) is 19.2 Å². The minimum Gasteiger partial charge on any atom is -0.493 e. The van der Waals surface area contributed by atoms with E-state index in [1.54, 1.807) is 7.11 Å². The minimum atomic E-state index is 0.0843. The van der Waals surface area contributed by atoms with Crippen LogP contribution >= 0.6 is 0 Å². The Morgan fingerprint density at radius 2 is 2.21 bits per heavy atom. The fourth-order valence-electron chi connectivity index (χ4n) is 3.15. The van der Waals surface area contributed by atoms with Gasteiger partial charge in [0.2, 0.25) is 0 Å². The summed E-state index contributed by atoms with van der Waals surface area (Å²) in [5, 5.41) is 3.40. The van der Waals surface area contributed by atoms with Crippen LogP contribution in [0.1, 0.15) is 43.5 Å². The molecule has 2 rings (SSSR count). The third kappa shape index (κ3) is 5.21. The third-order valence-corrected chi connectivity index (χ3v) is 4.30. The van der Waals surface area contributed by atoms with Crippen LogP contribution in [0.2, 0.25) is 0 Å². The number of rotatable bonds is 8. The monoisotopic (exact) mass is 334 g/mol. The quantitative estimate of drug-likeness (QED) is 0.743. The predicted octanol–water partition coefficient (Wildman–Crippen LogP) is 2.70. The standard InChI is InChI=1S/C19H30N2O3/c1-15(2)21(17-8-5-10-20-14-17)19(22)16-7-4-9-18(13-16)24-12-6-11-23-3/h4,7,9,13,15,17,20H,5-6,8,10-12,14H2,1-3H3. The van der Waals surface area contributed by atoms with Crippen LogP contribution in [0.15, 0.2) is 24.3 Å². The lowest BCUT2D eigenvalue weighted by molar-refractivity contribution is 0.0573. The van der Waals surface area contributed by atoms with Gasteiger partial charge in [0, 0.05) is 44.3 Å². The van der Waals surface area contributed by atoms with Gasteiger partial charge in [-0.2, -0.15) is 0 Å². The zero-order valence-electron chi connectivity index (χ0n) is 15.1. The molecule has 1 atom stereocenters. The molecule has 0 aromatic heterocycles. The number of ether oxygens (including phenoxy) is 2. The van der Waals surface area contributed by atoms with Crippen LogP contribution in [0.3, 0.4) is 0 Å². The summed E-state index contributed by atoms with van der Waals surface area (Å²) in [6, 6.07) is 7.94. The van der Waals surface area contributed by atoms with Crippen molar-refractivity contribution in [3.05, 3.63) is 29.8 Å². The van der Waals surface area contributed by atoms with Crippen molar-refractivity contribution in [1.29, 1.82) is 0 Å². The van der Waals surface area contributed by atoms with Gasteiger partial charge in [0.15, 0.2) is 0 Å². The van der Waals surface area contributed by atoms with Crippen molar-refractivity contribution in [2.24, 2.45) is 0 Å². The van der Waals surface area contributed by atoms with E-state index in [1.807, 2.05) is 29.2 Å². The molecule has 5 heteroatoms. The molecular weight excluding hydrogens is 304 g/mol. The first kappa shape index (κ1) is 18.7. The van der Waals surface area contributed by atoms with E-state index in [1.165, 1.54) is 0 Å². The molecule has 1 amide bonds. The molecule has 0 bridgehead atoms. The van der Waals surface area contributed by atoms with Crippen molar-refractivity contribution < 1.29 is 14.3 Å². The predicted molar refractivity (Wildman–Crippen MR) is 95.6 cm³/mol. The minimum absolute atomic E-state index is 0.0843. The zero-order valence-corrected chi connectivity index (χ0v) is 15.1. The van der Waals surface area contributed by atoms with Gasteiger partial charge in [0.25, 0.3) is 5.91 Å². The number of carbonyl (C=O) groups excluding carboxylic acids is 1. The molecule has 1 aromatic carbocycles. The summed E-state index contributed by atoms with van der Waals surface area (Å²) >= 11 is 0. The van der Waals surface area contributed by atoms with E-state index in [4.69, 9.17) is 9.47 Å². The normalized spacial score (nSPS) is 17.8. The Hall–Kier alpha value is -1.59. The molecule has 1 aliphatic heterocycles. The summed E-state index contributed by atoms with van der Waals surface area (Å²) in [4.78, 5) is 15.0. The number of benzene rings is 1. The highest BCUT2D eigenvalue weighted by molar-refractivity contribution is 5.95. The van der Waals surface area contributed by atoms with Crippen molar-refractivity contribution in [1.82, 2.24) is 10.2 Å². The lowest BCUT2D eigenvalue weighted by Gasteiger charge is -2.37. The average molecular weight is 334 g/mol. The van der Waals surface area contributed by atoms with E-state index in [0.717, 1.165) is 38.1 Å². The Morgan fingerprint density at radius 1 is 1.38 bits per heavy atom. The second-order valence-electron chi connectivity index (χ2n) is 6.53. The average Bonchev–Trinajstić information content (AvgIpc) is 2.60. The molecular formula is C19H30N2O3. The van der Waals surface area contributed by atoms with Crippen LogP contribution in [0.25, 0.3) is 0 Å². The second kappa shape index (κ2) is 9.64. The van der Waals surface area contributed by atoms with Crippen molar-refractivity contribution in [2.75, 3.05) is 33.4 Å². The maximum Gasteiger partial charge on any atom is 0.254 e. The van der Waals surface area contributed by atoms with Crippen molar-refractivity contribution in [3.63, 3.8) is 0 Å². The Kier molecular flexibility index (Phi) is 7.53. The van der Waals surface area contributed by atoms with Gasteiger partial charge < -0.3 is 19.7 Å². The lowest BCUT2D eigenvalue weighted by atomic mass is 10.0. The fourth-order valence-corrected chi connectivity index (χ4v) is 3.15. The van der Waals surface area contributed by atoms with Crippen LogP contribution < -0.4 is 10.1 Å². The molecule has 1 saturated heterocycles. The van der Waals surface area contributed by atoms with Gasteiger partial charge in [-0.05, 0) is 51.4 Å². The molecule has 1 aliphatic rings. The topological polar surface area (TPSA) is 50.8 Å². The van der Waals surface area contributed by atoms with Gasteiger partial charge in [0.05, 0.1) is 6.61 Å². The highest BCUT2D eigenvalue weighted by Crippen LogP contribution is 2.20. The molecule has 0 aliphatic carbocycles. The first-order chi connectivity index (χ1) is 11.6. The van der Waals surface area contributed by atoms with Crippen LogP contribution in [-0.2, 0) is 4.74 Å². The van der Waals surface area contributed by atoms with E-state index < -0.39 is 0 Å². The first-order valence-corrected chi connectivity index (χ1v) is 8.88. The second-order valence-corrected chi connectivity index (χ2v) is 6.53. The molecule has 5 nitrogen and oxygen atoms in total. The summed E-state index contributed by atoms with van der Waals surface area (Å²) in [6.45, 7) is 7.34. The van der Waals surface area contributed by atoms with Gasteiger partial charge in [-0.1, -0.05) is 6.07 Å². The zero-order chi connectivity index (χ0) is 17.4. The summed E-state index contributed by atoms with van der Waals surface area (Å²) in [5.41, 5.74) is 0.693. The molecule has 1 aromatic rings. The van der Waals surface area contributed by atoms with Gasteiger partial charge in [-0.15, -0.1) is 0 Å². The number of methoxy groups -OCH3 is 1. The molecule has 0 saturated carbocycles. The molecule has 0 spiro atoms. The maximum absolute atomic E-state index is 13.0. The number of nitrogens with one attached hydrogen (secondary N) is 1. The largest absolute Gasteiger partial charge is 0.493 e. The third-order valence-electron chi connectivity index (χ3n) is 4.30.